The molecular formula is C26H28N6O3. The Balaban J connectivity index is 1.36. The number of hydrogen-bond donors (Lipinski definition) is 2. The lowest BCUT2D eigenvalue weighted by Gasteiger charge is -2.27. The number of fused-ring (bicyclic) bond motifs is 1. The third-order valence-electron chi connectivity index (χ3n) is 6.39. The first kappa shape index (κ1) is 22.8. The van der Waals surface area contributed by atoms with Crippen molar-refractivity contribution >= 4 is 22.8 Å². The van der Waals surface area contributed by atoms with E-state index in [1.54, 1.807) is 26.6 Å². The average molecular weight is 473 g/mol. The molecule has 1 aliphatic rings. The summed E-state index contributed by atoms with van der Waals surface area (Å²) in [6.45, 7) is 4.13. The van der Waals surface area contributed by atoms with E-state index in [0.717, 1.165) is 33.7 Å². The molecule has 4 heterocycles. The van der Waals surface area contributed by atoms with E-state index in [2.05, 4.69) is 49.3 Å². The molecule has 0 radical (unpaired) electrons. The number of pyridine rings is 1. The zero-order chi connectivity index (χ0) is 24.4. The smallest absolute Gasteiger partial charge is 0.251 e. The molecule has 1 aromatic carbocycles. The van der Waals surface area contributed by atoms with Crippen LogP contribution in [-0.4, -0.2) is 59.3 Å². The predicted molar refractivity (Wildman–Crippen MR) is 134 cm³/mol. The number of nitrogens with zero attached hydrogens (tertiary/aromatic N) is 4. The predicted octanol–water partition coefficient (Wildman–Crippen LogP) is 3.65. The van der Waals surface area contributed by atoms with Gasteiger partial charge in [-0.15, -0.1) is 0 Å². The maximum absolute atomic E-state index is 12.0. The third-order valence-corrected chi connectivity index (χ3v) is 6.39. The van der Waals surface area contributed by atoms with Gasteiger partial charge in [-0.2, -0.15) is 0 Å². The van der Waals surface area contributed by atoms with Crippen LogP contribution in [-0.2, 0) is 4.74 Å². The Labute approximate surface area is 203 Å². The monoisotopic (exact) mass is 472 g/mol. The quantitative estimate of drug-likeness (QED) is 0.403. The summed E-state index contributed by atoms with van der Waals surface area (Å²) >= 11 is 0. The Kier molecular flexibility index (Phi) is 6.33. The van der Waals surface area contributed by atoms with Gasteiger partial charge in [0.2, 0.25) is 0 Å². The second-order valence-electron chi connectivity index (χ2n) is 8.62. The molecule has 2 N–H and O–H groups in total. The number of amides is 1. The highest BCUT2D eigenvalue weighted by Crippen LogP contribution is 2.33. The van der Waals surface area contributed by atoms with Crippen LogP contribution in [0.15, 0.2) is 55.1 Å². The first-order chi connectivity index (χ1) is 17.1. The number of carbonyl (C=O) groups is 1. The largest absolute Gasteiger partial charge is 0.496 e. The highest BCUT2D eigenvalue weighted by molar-refractivity contribution is 5.94. The van der Waals surface area contributed by atoms with E-state index < -0.39 is 0 Å². The standard InChI is InChI=1S/C26H28N6O3/c1-16(19-7-6-17(26(33)27-2)9-23(19)34-3)11-29-24-10-22(30-15-31-24)21-12-32(18-13-35-14-18)25-20(21)5-4-8-28-25/h4-10,12,15-16,18H,11,13-14H2,1-3H3,(H,27,33)(H,29,30,31). The maximum Gasteiger partial charge on any atom is 0.251 e. The second kappa shape index (κ2) is 9.71. The zero-order valence-electron chi connectivity index (χ0n) is 20.0. The van der Waals surface area contributed by atoms with Crippen molar-refractivity contribution in [3.63, 3.8) is 0 Å². The first-order valence-corrected chi connectivity index (χ1v) is 11.6. The van der Waals surface area contributed by atoms with Crippen LogP contribution in [0, 0.1) is 0 Å². The highest BCUT2D eigenvalue weighted by atomic mass is 16.5. The molecule has 0 spiro atoms. The number of hydrogen-bond acceptors (Lipinski definition) is 7. The maximum atomic E-state index is 12.0. The summed E-state index contributed by atoms with van der Waals surface area (Å²) in [4.78, 5) is 25.5. The van der Waals surface area contributed by atoms with E-state index in [1.165, 1.54) is 0 Å². The van der Waals surface area contributed by atoms with Crippen LogP contribution in [0.1, 0.15) is 34.8 Å². The van der Waals surface area contributed by atoms with Crippen LogP contribution >= 0.6 is 0 Å². The zero-order valence-corrected chi connectivity index (χ0v) is 20.0. The van der Waals surface area contributed by atoms with Gasteiger partial charge in [0, 0.05) is 54.5 Å². The normalized spacial score (nSPS) is 14.4. The van der Waals surface area contributed by atoms with Crippen LogP contribution in [0.25, 0.3) is 22.3 Å². The van der Waals surface area contributed by atoms with Crippen LogP contribution in [0.2, 0.25) is 0 Å². The number of ether oxygens (including phenoxy) is 2. The van der Waals surface area contributed by atoms with Crippen molar-refractivity contribution in [1.29, 1.82) is 0 Å². The molecule has 0 saturated carbocycles. The summed E-state index contributed by atoms with van der Waals surface area (Å²) in [6, 6.07) is 11.8. The van der Waals surface area contributed by atoms with Crippen LogP contribution in [0.3, 0.4) is 0 Å². The lowest BCUT2D eigenvalue weighted by molar-refractivity contribution is -0.0215. The van der Waals surface area contributed by atoms with E-state index in [1.807, 2.05) is 30.5 Å². The molecular weight excluding hydrogens is 444 g/mol. The summed E-state index contributed by atoms with van der Waals surface area (Å²) in [5.74, 6) is 1.39. The van der Waals surface area contributed by atoms with Crippen molar-refractivity contribution in [3.05, 3.63) is 66.2 Å². The number of carbonyl (C=O) groups excluding carboxylic acids is 1. The Hall–Kier alpha value is -3.98. The summed E-state index contributed by atoms with van der Waals surface area (Å²) < 4.78 is 13.1. The van der Waals surface area contributed by atoms with E-state index in [9.17, 15) is 4.79 Å². The van der Waals surface area contributed by atoms with Gasteiger partial charge >= 0.3 is 0 Å². The molecule has 1 aliphatic heterocycles. The Morgan fingerprint density at radius 1 is 1.23 bits per heavy atom. The molecule has 9 heteroatoms. The Bertz CT molecular complexity index is 1360. The number of methoxy groups -OCH3 is 1. The lowest BCUT2D eigenvalue weighted by atomic mass is 9.98. The average Bonchev–Trinajstić information content (AvgIpc) is 3.24. The molecule has 1 saturated heterocycles. The fourth-order valence-electron chi connectivity index (χ4n) is 4.32. The van der Waals surface area contributed by atoms with Gasteiger partial charge in [-0.3, -0.25) is 4.79 Å². The minimum Gasteiger partial charge on any atom is -0.496 e. The SMILES string of the molecule is CNC(=O)c1ccc(C(C)CNc2cc(-c3cn(C4COC4)c4ncccc34)ncn2)c(OC)c1. The number of aromatic nitrogens is 4. The van der Waals surface area contributed by atoms with E-state index in [-0.39, 0.29) is 11.8 Å². The Morgan fingerprint density at radius 3 is 2.83 bits per heavy atom. The molecule has 1 atom stereocenters. The van der Waals surface area contributed by atoms with Crippen molar-refractivity contribution in [3.8, 4) is 17.0 Å². The van der Waals surface area contributed by atoms with E-state index >= 15 is 0 Å². The molecule has 1 unspecified atom stereocenters. The first-order valence-electron chi connectivity index (χ1n) is 11.6. The minimum atomic E-state index is -0.143. The van der Waals surface area contributed by atoms with Crippen LogP contribution in [0.5, 0.6) is 5.75 Å². The number of anilines is 1. The molecule has 1 fully saturated rings. The third kappa shape index (κ3) is 4.42. The highest BCUT2D eigenvalue weighted by Gasteiger charge is 2.24. The molecule has 0 aliphatic carbocycles. The van der Waals surface area contributed by atoms with Gasteiger partial charge < -0.3 is 24.7 Å². The van der Waals surface area contributed by atoms with E-state index in [0.29, 0.717) is 37.1 Å². The summed E-state index contributed by atoms with van der Waals surface area (Å²) in [6.07, 6.45) is 5.50. The van der Waals surface area contributed by atoms with Gasteiger partial charge in [0.1, 0.15) is 23.5 Å². The van der Waals surface area contributed by atoms with Crippen molar-refractivity contribution in [2.24, 2.45) is 0 Å². The van der Waals surface area contributed by atoms with Gasteiger partial charge in [-0.05, 0) is 29.8 Å². The Morgan fingerprint density at radius 2 is 2.09 bits per heavy atom. The van der Waals surface area contributed by atoms with Crippen molar-refractivity contribution in [2.75, 3.05) is 39.2 Å². The van der Waals surface area contributed by atoms with Gasteiger partial charge in [-0.1, -0.05) is 13.0 Å². The van der Waals surface area contributed by atoms with Gasteiger partial charge in [0.15, 0.2) is 0 Å². The molecule has 180 valence electrons. The molecule has 3 aromatic heterocycles. The van der Waals surface area contributed by atoms with Crippen molar-refractivity contribution in [2.45, 2.75) is 18.9 Å². The number of benzene rings is 1. The summed E-state index contributed by atoms with van der Waals surface area (Å²) in [7, 11) is 3.23. The number of rotatable bonds is 8. The second-order valence-corrected chi connectivity index (χ2v) is 8.62. The summed E-state index contributed by atoms with van der Waals surface area (Å²) in [5, 5.41) is 7.12. The lowest BCUT2D eigenvalue weighted by Crippen LogP contribution is -2.30. The van der Waals surface area contributed by atoms with Gasteiger partial charge in [0.25, 0.3) is 5.91 Å². The van der Waals surface area contributed by atoms with Crippen LogP contribution in [0.4, 0.5) is 5.82 Å². The van der Waals surface area contributed by atoms with E-state index in [4.69, 9.17) is 9.47 Å². The minimum absolute atomic E-state index is 0.117. The summed E-state index contributed by atoms with van der Waals surface area (Å²) in [5.41, 5.74) is 4.36. The van der Waals surface area contributed by atoms with Crippen LogP contribution < -0.4 is 15.4 Å². The van der Waals surface area contributed by atoms with Gasteiger partial charge in [0.05, 0.1) is 32.1 Å². The topological polar surface area (TPSA) is 103 Å². The molecule has 0 bridgehead atoms. The molecule has 5 rings (SSSR count). The molecule has 1 amide bonds. The fraction of sp³-hybridized carbons (Fsp3) is 0.308. The van der Waals surface area contributed by atoms with Gasteiger partial charge in [-0.25, -0.2) is 15.0 Å². The molecule has 9 nitrogen and oxygen atoms in total. The number of nitrogens with one attached hydrogen (secondary N) is 2. The van der Waals surface area contributed by atoms with Crippen molar-refractivity contribution < 1.29 is 14.3 Å². The van der Waals surface area contributed by atoms with Crippen molar-refractivity contribution in [1.82, 2.24) is 24.8 Å². The molecule has 35 heavy (non-hydrogen) atoms. The fourth-order valence-corrected chi connectivity index (χ4v) is 4.32. The molecule has 4 aromatic rings.